The molecule has 1 aliphatic rings. The van der Waals surface area contributed by atoms with E-state index in [1.165, 1.54) is 18.2 Å². The fourth-order valence-electron chi connectivity index (χ4n) is 3.97. The molecule has 1 aromatic heterocycles. The van der Waals surface area contributed by atoms with Crippen molar-refractivity contribution in [1.82, 2.24) is 15.6 Å². The van der Waals surface area contributed by atoms with Crippen LogP contribution in [0.1, 0.15) is 55.3 Å². The van der Waals surface area contributed by atoms with Crippen LogP contribution in [-0.2, 0) is 6.61 Å². The van der Waals surface area contributed by atoms with E-state index in [2.05, 4.69) is 20.9 Å². The summed E-state index contributed by atoms with van der Waals surface area (Å²) in [4.78, 5) is 39.9. The lowest BCUT2D eigenvalue weighted by Crippen LogP contribution is -2.45. The van der Waals surface area contributed by atoms with Gasteiger partial charge < -0.3 is 31.4 Å². The van der Waals surface area contributed by atoms with E-state index in [0.29, 0.717) is 16.9 Å². The van der Waals surface area contributed by atoms with Gasteiger partial charge in [0.15, 0.2) is 0 Å². The van der Waals surface area contributed by atoms with Crippen molar-refractivity contribution >= 4 is 46.6 Å². The Hall–Kier alpha value is -3.53. The van der Waals surface area contributed by atoms with E-state index in [4.69, 9.17) is 33.7 Å². The normalized spacial score (nSPS) is 15.2. The number of primary amides is 1. The molecule has 3 amide bonds. The molecule has 194 valence electrons. The van der Waals surface area contributed by atoms with Gasteiger partial charge in [0.2, 0.25) is 5.91 Å². The maximum Gasteiger partial charge on any atom is 0.273 e. The molecular weight excluding hydrogens is 517 g/mol. The minimum atomic E-state index is -0.638. The number of H-pyrrole nitrogens is 1. The molecular formula is C26H27Cl2N5O4. The number of carbonyl (C=O) groups is 3. The first kappa shape index (κ1) is 26.5. The van der Waals surface area contributed by atoms with Gasteiger partial charge in [-0.3, -0.25) is 14.4 Å². The summed E-state index contributed by atoms with van der Waals surface area (Å²) in [5, 5.41) is 9.41. The highest BCUT2D eigenvalue weighted by atomic mass is 35.5. The van der Waals surface area contributed by atoms with Gasteiger partial charge in [0.05, 0.1) is 15.7 Å². The van der Waals surface area contributed by atoms with Gasteiger partial charge in [0, 0.05) is 29.4 Å². The third kappa shape index (κ3) is 6.43. The molecule has 9 nitrogen and oxygen atoms in total. The number of aromatic nitrogens is 1. The van der Waals surface area contributed by atoms with Crippen molar-refractivity contribution in [3.05, 3.63) is 80.6 Å². The molecule has 6 N–H and O–H groups in total. The van der Waals surface area contributed by atoms with Gasteiger partial charge in [-0.2, -0.15) is 0 Å². The fraction of sp³-hybridized carbons (Fsp3) is 0.269. The number of anilines is 1. The number of rotatable bonds is 8. The molecule has 1 saturated heterocycles. The molecule has 0 spiro atoms. The molecule has 2 heterocycles. The van der Waals surface area contributed by atoms with Gasteiger partial charge in [-0.1, -0.05) is 35.3 Å². The lowest BCUT2D eigenvalue weighted by atomic mass is 10.1. The average molecular weight is 544 g/mol. The van der Waals surface area contributed by atoms with Gasteiger partial charge in [-0.05, 0) is 62.2 Å². The Morgan fingerprint density at radius 1 is 1.05 bits per heavy atom. The summed E-state index contributed by atoms with van der Waals surface area (Å²) >= 11 is 12.2. The highest BCUT2D eigenvalue weighted by Gasteiger charge is 2.20. The van der Waals surface area contributed by atoms with Gasteiger partial charge in [0.1, 0.15) is 18.1 Å². The van der Waals surface area contributed by atoms with Crippen LogP contribution >= 0.6 is 23.2 Å². The molecule has 1 atom stereocenters. The zero-order chi connectivity index (χ0) is 26.5. The lowest BCUT2D eigenvalue weighted by Gasteiger charge is -2.23. The Balaban J connectivity index is 1.45. The third-order valence-electron chi connectivity index (χ3n) is 6.04. The van der Waals surface area contributed by atoms with Crippen molar-refractivity contribution in [3.8, 4) is 5.75 Å². The fourth-order valence-corrected chi connectivity index (χ4v) is 4.38. The number of aryl methyl sites for hydroxylation is 1. The highest BCUT2D eigenvalue weighted by molar-refractivity contribution is 6.44. The lowest BCUT2D eigenvalue weighted by molar-refractivity contribution is 0.0929. The molecule has 0 saturated carbocycles. The zero-order valence-electron chi connectivity index (χ0n) is 20.1. The van der Waals surface area contributed by atoms with Crippen molar-refractivity contribution in [3.63, 3.8) is 0 Å². The topological polar surface area (TPSA) is 138 Å². The first-order chi connectivity index (χ1) is 17.7. The average Bonchev–Trinajstić information content (AvgIpc) is 3.16. The van der Waals surface area contributed by atoms with Crippen molar-refractivity contribution in [2.45, 2.75) is 32.4 Å². The predicted molar refractivity (Wildman–Crippen MR) is 143 cm³/mol. The van der Waals surface area contributed by atoms with Crippen LogP contribution in [0.15, 0.2) is 42.5 Å². The van der Waals surface area contributed by atoms with E-state index in [9.17, 15) is 14.4 Å². The number of nitrogens with two attached hydrogens (primary N) is 1. The third-order valence-corrected chi connectivity index (χ3v) is 6.99. The highest BCUT2D eigenvalue weighted by Crippen LogP contribution is 2.32. The van der Waals surface area contributed by atoms with Crippen LogP contribution in [0, 0.1) is 6.92 Å². The van der Waals surface area contributed by atoms with Gasteiger partial charge in [0.25, 0.3) is 11.8 Å². The molecule has 3 aromatic rings. The van der Waals surface area contributed by atoms with Gasteiger partial charge >= 0.3 is 0 Å². The van der Waals surface area contributed by atoms with E-state index in [1.807, 2.05) is 0 Å². The summed E-state index contributed by atoms with van der Waals surface area (Å²) in [5.74, 6) is -1.05. The largest absolute Gasteiger partial charge is 0.487 e. The van der Waals surface area contributed by atoms with E-state index in [0.717, 1.165) is 31.5 Å². The second kappa shape index (κ2) is 11.7. The maximum absolute atomic E-state index is 12.8. The van der Waals surface area contributed by atoms with Gasteiger partial charge in [-0.15, -0.1) is 0 Å². The summed E-state index contributed by atoms with van der Waals surface area (Å²) in [6.45, 7) is 3.56. The molecule has 1 aliphatic heterocycles. The molecule has 4 rings (SSSR count). The van der Waals surface area contributed by atoms with Crippen LogP contribution < -0.4 is 26.4 Å². The first-order valence-electron chi connectivity index (χ1n) is 11.7. The summed E-state index contributed by atoms with van der Waals surface area (Å²) in [5.41, 5.74) is 7.95. The molecule has 1 unspecified atom stereocenters. The smallest absolute Gasteiger partial charge is 0.273 e. The number of amides is 3. The quantitative estimate of drug-likeness (QED) is 0.291. The van der Waals surface area contributed by atoms with E-state index >= 15 is 0 Å². The second-order valence-corrected chi connectivity index (χ2v) is 9.54. The number of benzene rings is 2. The Morgan fingerprint density at radius 2 is 1.78 bits per heavy atom. The maximum atomic E-state index is 12.8. The summed E-state index contributed by atoms with van der Waals surface area (Å²) in [6.07, 6.45) is 1.99. The van der Waals surface area contributed by atoms with Crippen LogP contribution in [0.3, 0.4) is 0 Å². The number of aromatic amines is 1. The van der Waals surface area contributed by atoms with E-state index in [-0.39, 0.29) is 45.6 Å². The Kier molecular flexibility index (Phi) is 8.38. The predicted octanol–water partition coefficient (Wildman–Crippen LogP) is 4.04. The zero-order valence-corrected chi connectivity index (χ0v) is 21.6. The molecule has 11 heteroatoms. The summed E-state index contributed by atoms with van der Waals surface area (Å²) in [6, 6.07) is 11.6. The minimum Gasteiger partial charge on any atom is -0.487 e. The standard InChI is InChI=1S/C26H27Cl2N5O4/c1-14-21(27)22(28)23(31-14)26(36)33-19-9-8-17(24(29)34)11-20(19)37-13-15-4-6-16(7-5-15)25(35)32-18-3-2-10-30-12-18/h4-9,11,18,30-31H,2-3,10,12-13H2,1H3,(H2,29,34)(H,32,35)(H,33,36). The molecule has 0 aliphatic carbocycles. The number of ether oxygens (including phenoxy) is 1. The molecule has 37 heavy (non-hydrogen) atoms. The van der Waals surface area contributed by atoms with Crippen molar-refractivity contribution in [2.24, 2.45) is 5.73 Å². The minimum absolute atomic E-state index is 0.104. The monoisotopic (exact) mass is 543 g/mol. The van der Waals surface area contributed by atoms with Crippen LogP contribution in [0.25, 0.3) is 0 Å². The van der Waals surface area contributed by atoms with Crippen molar-refractivity contribution in [2.75, 3.05) is 18.4 Å². The number of carbonyl (C=O) groups excluding carboxylic acids is 3. The Labute approximate surface area is 224 Å². The SMILES string of the molecule is Cc1[nH]c(C(=O)Nc2ccc(C(N)=O)cc2OCc2ccc(C(=O)NC3CCCNC3)cc2)c(Cl)c1Cl. The van der Waals surface area contributed by atoms with Gasteiger partial charge in [-0.25, -0.2) is 0 Å². The number of halogens is 2. The summed E-state index contributed by atoms with van der Waals surface area (Å²) < 4.78 is 5.93. The van der Waals surface area contributed by atoms with E-state index in [1.54, 1.807) is 31.2 Å². The van der Waals surface area contributed by atoms with E-state index < -0.39 is 11.8 Å². The second-order valence-electron chi connectivity index (χ2n) is 8.78. The number of piperidine rings is 1. The molecule has 2 aromatic carbocycles. The van der Waals surface area contributed by atoms with Crippen molar-refractivity contribution < 1.29 is 19.1 Å². The van der Waals surface area contributed by atoms with Crippen LogP contribution in [-0.4, -0.2) is 41.8 Å². The van der Waals surface area contributed by atoms with Crippen molar-refractivity contribution in [1.29, 1.82) is 0 Å². The summed E-state index contributed by atoms with van der Waals surface area (Å²) in [7, 11) is 0. The Morgan fingerprint density at radius 3 is 2.41 bits per heavy atom. The number of nitrogens with one attached hydrogen (secondary N) is 4. The molecule has 0 bridgehead atoms. The molecule has 1 fully saturated rings. The number of hydrogen-bond acceptors (Lipinski definition) is 5. The number of hydrogen-bond donors (Lipinski definition) is 5. The first-order valence-corrected chi connectivity index (χ1v) is 12.5. The van der Waals surface area contributed by atoms with Crippen LogP contribution in [0.5, 0.6) is 5.75 Å². The van der Waals surface area contributed by atoms with Crippen LogP contribution in [0.4, 0.5) is 5.69 Å². The van der Waals surface area contributed by atoms with Crippen LogP contribution in [0.2, 0.25) is 10.0 Å². The Bertz CT molecular complexity index is 1320. The molecule has 0 radical (unpaired) electrons.